The molecule has 142 valence electrons. The van der Waals surface area contributed by atoms with Gasteiger partial charge in [-0.2, -0.15) is 0 Å². The zero-order chi connectivity index (χ0) is 19.3. The Hall–Kier alpha value is -3.54. The second kappa shape index (κ2) is 8.00. The molecule has 2 N–H and O–H groups in total. The molecular formula is C22H21N3O3. The molecule has 2 amide bonds. The van der Waals surface area contributed by atoms with E-state index in [2.05, 4.69) is 10.6 Å². The molecule has 1 fully saturated rings. The zero-order valence-corrected chi connectivity index (χ0v) is 15.4. The second-order valence-corrected chi connectivity index (χ2v) is 6.63. The van der Waals surface area contributed by atoms with Gasteiger partial charge in [0, 0.05) is 13.1 Å². The first-order valence-electron chi connectivity index (χ1n) is 9.21. The van der Waals surface area contributed by atoms with E-state index in [0.29, 0.717) is 24.5 Å². The summed E-state index contributed by atoms with van der Waals surface area (Å²) in [5, 5.41) is 7.89. The molecular weight excluding hydrogens is 354 g/mol. The number of para-hydroxylation sites is 2. The van der Waals surface area contributed by atoms with Crippen LogP contribution in [0.5, 0.6) is 5.75 Å². The van der Waals surface area contributed by atoms with E-state index in [1.807, 2.05) is 71.6 Å². The summed E-state index contributed by atoms with van der Waals surface area (Å²) in [7, 11) is 0. The molecule has 1 aliphatic heterocycles. The molecule has 3 aromatic carbocycles. The first-order valence-corrected chi connectivity index (χ1v) is 9.21. The molecule has 0 radical (unpaired) electrons. The van der Waals surface area contributed by atoms with Crippen LogP contribution < -0.4 is 20.3 Å². The standard InChI is InChI=1S/C22H21N3O3/c26-21-14-25(12-11-23-21)20-8-4-3-7-19(20)24-22(27)15-28-18-10-9-16-5-1-2-6-17(16)13-18/h1-10,13H,11-12,14-15H2,(H,23,26)(H,24,27). The van der Waals surface area contributed by atoms with Gasteiger partial charge in [-0.3, -0.25) is 9.59 Å². The maximum Gasteiger partial charge on any atom is 0.262 e. The van der Waals surface area contributed by atoms with Crippen molar-refractivity contribution in [1.82, 2.24) is 5.32 Å². The van der Waals surface area contributed by atoms with Gasteiger partial charge in [-0.1, -0.05) is 42.5 Å². The molecule has 1 aliphatic rings. The average Bonchev–Trinajstić information content (AvgIpc) is 2.72. The summed E-state index contributed by atoms with van der Waals surface area (Å²) in [6.45, 7) is 1.48. The summed E-state index contributed by atoms with van der Waals surface area (Å²) in [5.41, 5.74) is 1.50. The Kier molecular flexibility index (Phi) is 5.10. The Morgan fingerprint density at radius 2 is 1.82 bits per heavy atom. The van der Waals surface area contributed by atoms with Crippen molar-refractivity contribution in [1.29, 1.82) is 0 Å². The highest BCUT2D eigenvalue weighted by atomic mass is 16.5. The topological polar surface area (TPSA) is 70.7 Å². The number of anilines is 2. The molecule has 0 aromatic heterocycles. The van der Waals surface area contributed by atoms with Gasteiger partial charge in [0.25, 0.3) is 5.91 Å². The Balaban J connectivity index is 1.41. The molecule has 1 heterocycles. The van der Waals surface area contributed by atoms with Crippen LogP contribution in [0.15, 0.2) is 66.7 Å². The highest BCUT2D eigenvalue weighted by Crippen LogP contribution is 2.26. The number of amides is 2. The Labute approximate surface area is 163 Å². The van der Waals surface area contributed by atoms with E-state index in [-0.39, 0.29) is 25.0 Å². The van der Waals surface area contributed by atoms with Crippen LogP contribution in [0.1, 0.15) is 0 Å². The number of ether oxygens (including phenoxy) is 1. The maximum absolute atomic E-state index is 12.4. The lowest BCUT2D eigenvalue weighted by atomic mass is 10.1. The number of rotatable bonds is 5. The monoisotopic (exact) mass is 375 g/mol. The molecule has 0 spiro atoms. The third-order valence-electron chi connectivity index (χ3n) is 4.65. The molecule has 6 heteroatoms. The van der Waals surface area contributed by atoms with Crippen molar-refractivity contribution in [3.05, 3.63) is 66.7 Å². The summed E-state index contributed by atoms with van der Waals surface area (Å²) >= 11 is 0. The zero-order valence-electron chi connectivity index (χ0n) is 15.4. The lowest BCUT2D eigenvalue weighted by molar-refractivity contribution is -0.120. The predicted molar refractivity (Wildman–Crippen MR) is 110 cm³/mol. The van der Waals surface area contributed by atoms with Gasteiger partial charge in [0.2, 0.25) is 5.91 Å². The van der Waals surface area contributed by atoms with E-state index in [4.69, 9.17) is 4.74 Å². The molecule has 1 saturated heterocycles. The quantitative estimate of drug-likeness (QED) is 0.719. The lowest BCUT2D eigenvalue weighted by Gasteiger charge is -2.30. The third-order valence-corrected chi connectivity index (χ3v) is 4.65. The van der Waals surface area contributed by atoms with Gasteiger partial charge in [-0.25, -0.2) is 0 Å². The molecule has 3 aromatic rings. The van der Waals surface area contributed by atoms with Crippen molar-refractivity contribution in [2.75, 3.05) is 36.5 Å². The van der Waals surface area contributed by atoms with Gasteiger partial charge in [-0.15, -0.1) is 0 Å². The first-order chi connectivity index (χ1) is 13.7. The maximum atomic E-state index is 12.4. The van der Waals surface area contributed by atoms with Crippen LogP contribution >= 0.6 is 0 Å². The highest BCUT2D eigenvalue weighted by Gasteiger charge is 2.19. The number of hydrogen-bond donors (Lipinski definition) is 2. The minimum atomic E-state index is -0.248. The second-order valence-electron chi connectivity index (χ2n) is 6.63. The van der Waals surface area contributed by atoms with Crippen LogP contribution in [0, 0.1) is 0 Å². The van der Waals surface area contributed by atoms with E-state index >= 15 is 0 Å². The summed E-state index contributed by atoms with van der Waals surface area (Å²) in [6, 6.07) is 21.2. The van der Waals surface area contributed by atoms with Crippen molar-refractivity contribution in [3.8, 4) is 5.75 Å². The molecule has 28 heavy (non-hydrogen) atoms. The predicted octanol–water partition coefficient (Wildman–Crippen LogP) is 2.79. The number of carbonyl (C=O) groups excluding carboxylic acids is 2. The van der Waals surface area contributed by atoms with Gasteiger partial charge < -0.3 is 20.3 Å². The summed E-state index contributed by atoms with van der Waals surface area (Å²) in [6.07, 6.45) is 0. The van der Waals surface area contributed by atoms with Crippen molar-refractivity contribution in [3.63, 3.8) is 0 Å². The van der Waals surface area contributed by atoms with Gasteiger partial charge in [0.1, 0.15) is 5.75 Å². The molecule has 0 bridgehead atoms. The molecule has 0 atom stereocenters. The van der Waals surface area contributed by atoms with E-state index in [9.17, 15) is 9.59 Å². The number of benzene rings is 3. The van der Waals surface area contributed by atoms with Crippen molar-refractivity contribution >= 4 is 34.0 Å². The summed E-state index contributed by atoms with van der Waals surface area (Å²) < 4.78 is 5.66. The van der Waals surface area contributed by atoms with Gasteiger partial charge in [-0.05, 0) is 35.0 Å². The fourth-order valence-electron chi connectivity index (χ4n) is 3.29. The Bertz CT molecular complexity index is 1020. The van der Waals surface area contributed by atoms with Gasteiger partial charge in [0.05, 0.1) is 17.9 Å². The van der Waals surface area contributed by atoms with Crippen LogP contribution in [-0.4, -0.2) is 38.1 Å². The van der Waals surface area contributed by atoms with Crippen LogP contribution in [0.2, 0.25) is 0 Å². The molecule has 0 saturated carbocycles. The Morgan fingerprint density at radius 1 is 1.04 bits per heavy atom. The molecule has 0 unspecified atom stereocenters. The highest BCUT2D eigenvalue weighted by molar-refractivity contribution is 5.96. The molecule has 0 aliphatic carbocycles. The van der Waals surface area contributed by atoms with E-state index < -0.39 is 0 Å². The fourth-order valence-corrected chi connectivity index (χ4v) is 3.29. The number of nitrogens with zero attached hydrogens (tertiary/aromatic N) is 1. The first kappa shape index (κ1) is 17.9. The minimum absolute atomic E-state index is 0.0213. The summed E-state index contributed by atoms with van der Waals surface area (Å²) in [4.78, 5) is 26.0. The van der Waals surface area contributed by atoms with E-state index in [0.717, 1.165) is 16.5 Å². The number of hydrogen-bond acceptors (Lipinski definition) is 4. The summed E-state index contributed by atoms with van der Waals surface area (Å²) in [5.74, 6) is 0.379. The number of nitrogens with one attached hydrogen (secondary N) is 2. The minimum Gasteiger partial charge on any atom is -0.484 e. The van der Waals surface area contributed by atoms with E-state index in [1.165, 1.54) is 0 Å². The largest absolute Gasteiger partial charge is 0.484 e. The van der Waals surface area contributed by atoms with Crippen LogP contribution in [-0.2, 0) is 9.59 Å². The van der Waals surface area contributed by atoms with Crippen LogP contribution in [0.3, 0.4) is 0 Å². The number of carbonyl (C=O) groups is 2. The van der Waals surface area contributed by atoms with E-state index in [1.54, 1.807) is 0 Å². The number of fused-ring (bicyclic) bond motifs is 1. The normalized spacial score (nSPS) is 13.9. The smallest absolute Gasteiger partial charge is 0.262 e. The molecule has 4 rings (SSSR count). The SMILES string of the molecule is O=C1CN(c2ccccc2NC(=O)COc2ccc3ccccc3c2)CCN1. The average molecular weight is 375 g/mol. The molecule has 6 nitrogen and oxygen atoms in total. The third kappa shape index (κ3) is 4.06. The van der Waals surface area contributed by atoms with Crippen molar-refractivity contribution < 1.29 is 14.3 Å². The van der Waals surface area contributed by atoms with Crippen LogP contribution in [0.4, 0.5) is 11.4 Å². The van der Waals surface area contributed by atoms with Crippen LogP contribution in [0.25, 0.3) is 10.8 Å². The van der Waals surface area contributed by atoms with Gasteiger partial charge >= 0.3 is 0 Å². The Morgan fingerprint density at radius 3 is 2.68 bits per heavy atom. The van der Waals surface area contributed by atoms with Crippen molar-refractivity contribution in [2.45, 2.75) is 0 Å². The number of piperazine rings is 1. The van der Waals surface area contributed by atoms with Gasteiger partial charge in [0.15, 0.2) is 6.61 Å². The van der Waals surface area contributed by atoms with Crippen molar-refractivity contribution in [2.24, 2.45) is 0 Å². The fraction of sp³-hybridized carbons (Fsp3) is 0.182. The lowest BCUT2D eigenvalue weighted by Crippen LogP contribution is -2.48.